The summed E-state index contributed by atoms with van der Waals surface area (Å²) in [7, 11) is 0. The smallest absolute Gasteiger partial charge is 0.263 e. The van der Waals surface area contributed by atoms with Gasteiger partial charge in [-0.15, -0.1) is 0 Å². The van der Waals surface area contributed by atoms with E-state index in [1.165, 1.54) is 11.2 Å². The van der Waals surface area contributed by atoms with Crippen LogP contribution in [-0.4, -0.2) is 56.4 Å². The zero-order chi connectivity index (χ0) is 26.3. The van der Waals surface area contributed by atoms with E-state index in [1.54, 1.807) is 29.8 Å². The molecule has 3 fully saturated rings. The summed E-state index contributed by atoms with van der Waals surface area (Å²) in [6.45, 7) is 5.76. The SMILES string of the molecule is Cc1cc(Cl)cc(-c2ncnn3cc(CN4C(=O)C5C(C4=O)C5(C)C)cc23)c1O[C@@H]1CNCC(F)(F)C1. The van der Waals surface area contributed by atoms with E-state index < -0.39 is 18.4 Å². The Morgan fingerprint density at radius 2 is 1.92 bits per heavy atom. The molecule has 0 radical (unpaired) electrons. The molecule has 0 spiro atoms. The van der Waals surface area contributed by atoms with Gasteiger partial charge in [-0.2, -0.15) is 5.10 Å². The summed E-state index contributed by atoms with van der Waals surface area (Å²) < 4.78 is 35.8. The zero-order valence-electron chi connectivity index (χ0n) is 20.6. The van der Waals surface area contributed by atoms with E-state index in [-0.39, 0.29) is 42.2 Å². The van der Waals surface area contributed by atoms with Crippen LogP contribution < -0.4 is 10.1 Å². The van der Waals surface area contributed by atoms with Crippen molar-refractivity contribution in [1.82, 2.24) is 24.8 Å². The highest BCUT2D eigenvalue weighted by Crippen LogP contribution is 2.63. The van der Waals surface area contributed by atoms with Crippen molar-refractivity contribution in [2.75, 3.05) is 13.1 Å². The van der Waals surface area contributed by atoms with Crippen LogP contribution in [0.15, 0.2) is 30.7 Å². The van der Waals surface area contributed by atoms with Gasteiger partial charge in [0, 0.05) is 23.3 Å². The lowest BCUT2D eigenvalue weighted by Gasteiger charge is -2.31. The first-order valence-corrected chi connectivity index (χ1v) is 12.6. The molecule has 194 valence electrons. The Morgan fingerprint density at radius 3 is 2.62 bits per heavy atom. The minimum Gasteiger partial charge on any atom is -0.488 e. The van der Waals surface area contributed by atoms with Crippen LogP contribution in [0.25, 0.3) is 16.8 Å². The number of hydrogen-bond acceptors (Lipinski definition) is 6. The van der Waals surface area contributed by atoms with E-state index in [0.29, 0.717) is 39.7 Å². The predicted molar refractivity (Wildman–Crippen MR) is 131 cm³/mol. The first-order valence-electron chi connectivity index (χ1n) is 12.2. The molecule has 3 aromatic rings. The number of carbonyl (C=O) groups is 2. The minimum atomic E-state index is -2.86. The first-order chi connectivity index (χ1) is 17.5. The van der Waals surface area contributed by atoms with E-state index in [9.17, 15) is 18.4 Å². The Balaban J connectivity index is 1.34. The molecule has 4 heterocycles. The number of piperidine rings is 2. The van der Waals surface area contributed by atoms with Crippen molar-refractivity contribution in [1.29, 1.82) is 0 Å². The average molecular weight is 530 g/mol. The molecule has 2 saturated heterocycles. The molecule has 2 unspecified atom stereocenters. The fraction of sp³-hybridized carbons (Fsp3) is 0.462. The third-order valence-electron chi connectivity index (χ3n) is 7.76. The maximum Gasteiger partial charge on any atom is 0.263 e. The van der Waals surface area contributed by atoms with Crippen molar-refractivity contribution in [3.05, 3.63) is 46.9 Å². The number of fused-ring (bicyclic) bond motifs is 2. The number of alkyl halides is 2. The van der Waals surface area contributed by atoms with Crippen molar-refractivity contribution in [3.8, 4) is 17.0 Å². The molecule has 2 aromatic heterocycles. The first kappa shape index (κ1) is 24.2. The Morgan fingerprint density at radius 1 is 1.19 bits per heavy atom. The maximum absolute atomic E-state index is 14.0. The zero-order valence-corrected chi connectivity index (χ0v) is 21.4. The number of aryl methyl sites for hydroxylation is 1. The Bertz CT molecular complexity index is 1430. The van der Waals surface area contributed by atoms with Crippen molar-refractivity contribution < 1.29 is 23.1 Å². The molecule has 3 atom stereocenters. The Hall–Kier alpha value is -3.11. The van der Waals surface area contributed by atoms with Crippen molar-refractivity contribution in [3.63, 3.8) is 0 Å². The van der Waals surface area contributed by atoms with Gasteiger partial charge in [-0.05, 0) is 41.7 Å². The second-order valence-electron chi connectivity index (χ2n) is 10.9. The molecule has 2 aliphatic heterocycles. The van der Waals surface area contributed by atoms with E-state index in [4.69, 9.17) is 16.3 Å². The molecule has 2 amide bonds. The summed E-state index contributed by atoms with van der Waals surface area (Å²) in [5.74, 6) is -3.21. The Labute approximate surface area is 216 Å². The number of likely N-dealkylation sites (tertiary alicyclic amines) is 1. The van der Waals surface area contributed by atoms with E-state index in [1.807, 2.05) is 19.9 Å². The monoisotopic (exact) mass is 529 g/mol. The van der Waals surface area contributed by atoms with Gasteiger partial charge in [0.15, 0.2) is 0 Å². The molecule has 8 nitrogen and oxygen atoms in total. The fourth-order valence-corrected chi connectivity index (χ4v) is 6.10. The number of nitrogens with zero attached hydrogens (tertiary/aromatic N) is 4. The third kappa shape index (κ3) is 3.97. The normalized spacial score (nSPS) is 26.0. The largest absolute Gasteiger partial charge is 0.488 e. The van der Waals surface area contributed by atoms with Crippen LogP contribution in [0.5, 0.6) is 5.75 Å². The predicted octanol–water partition coefficient (Wildman–Crippen LogP) is 3.88. The number of nitrogens with one attached hydrogen (secondary N) is 1. The Kier molecular flexibility index (Phi) is 5.37. The molecule has 3 aliphatic rings. The van der Waals surface area contributed by atoms with Gasteiger partial charge in [0.1, 0.15) is 23.9 Å². The highest BCUT2D eigenvalue weighted by atomic mass is 35.5. The lowest BCUT2D eigenvalue weighted by molar-refractivity contribution is -0.143. The number of ether oxygens (including phenoxy) is 1. The van der Waals surface area contributed by atoms with Crippen LogP contribution >= 0.6 is 11.6 Å². The van der Waals surface area contributed by atoms with Crippen LogP contribution in [-0.2, 0) is 16.1 Å². The van der Waals surface area contributed by atoms with E-state index >= 15 is 0 Å². The number of amides is 2. The van der Waals surface area contributed by atoms with Gasteiger partial charge in [0.25, 0.3) is 5.92 Å². The van der Waals surface area contributed by atoms with Gasteiger partial charge in [-0.25, -0.2) is 18.3 Å². The second-order valence-corrected chi connectivity index (χ2v) is 11.3. The van der Waals surface area contributed by atoms with Gasteiger partial charge in [-0.3, -0.25) is 14.5 Å². The van der Waals surface area contributed by atoms with Gasteiger partial charge >= 0.3 is 0 Å². The van der Waals surface area contributed by atoms with Crippen molar-refractivity contribution in [2.24, 2.45) is 17.3 Å². The number of benzene rings is 1. The van der Waals surface area contributed by atoms with Gasteiger partial charge in [0.05, 0.1) is 36.9 Å². The topological polar surface area (TPSA) is 88.8 Å². The number of rotatable bonds is 5. The maximum atomic E-state index is 14.0. The molecule has 1 saturated carbocycles. The standard InChI is InChI=1S/C26H26ClF2N5O3/c1-13-4-15(27)6-17(22(13)37-16-7-26(28,29)11-30-8-16)21-18-5-14(10-34(18)32-12-31-21)9-33-23(35)19-20(24(33)36)25(19,2)3/h4-6,10,12,16,19-20,30H,7-9,11H2,1-3H3/t16-,19?,20?/m0/s1. The molecule has 1 aromatic carbocycles. The number of imide groups is 1. The van der Waals surface area contributed by atoms with Gasteiger partial charge in [-0.1, -0.05) is 25.4 Å². The lowest BCUT2D eigenvalue weighted by Crippen LogP contribution is -2.48. The molecule has 37 heavy (non-hydrogen) atoms. The summed E-state index contributed by atoms with van der Waals surface area (Å²) in [4.78, 5) is 31.4. The molecule has 0 bridgehead atoms. The number of hydrogen-bond donors (Lipinski definition) is 1. The number of carbonyl (C=O) groups excluding carboxylic acids is 2. The molecular weight excluding hydrogens is 504 g/mol. The summed E-state index contributed by atoms with van der Waals surface area (Å²) in [5.41, 5.74) is 2.80. The minimum absolute atomic E-state index is 0.138. The molecule has 6 rings (SSSR count). The van der Waals surface area contributed by atoms with Crippen LogP contribution in [0.2, 0.25) is 5.02 Å². The lowest BCUT2D eigenvalue weighted by atomic mass is 10.0. The summed E-state index contributed by atoms with van der Waals surface area (Å²) >= 11 is 6.38. The fourth-order valence-electron chi connectivity index (χ4n) is 5.83. The highest BCUT2D eigenvalue weighted by Gasteiger charge is 2.72. The molecular formula is C26H26ClF2N5O3. The summed E-state index contributed by atoms with van der Waals surface area (Å²) in [6, 6.07) is 5.23. The number of aromatic nitrogens is 3. The number of halogens is 3. The van der Waals surface area contributed by atoms with Crippen LogP contribution in [0, 0.1) is 24.2 Å². The second kappa shape index (κ2) is 8.19. The van der Waals surface area contributed by atoms with Gasteiger partial charge in [0.2, 0.25) is 11.8 Å². The molecule has 1 N–H and O–H groups in total. The van der Waals surface area contributed by atoms with Crippen LogP contribution in [0.3, 0.4) is 0 Å². The summed E-state index contributed by atoms with van der Waals surface area (Å²) in [5, 5.41) is 7.47. The third-order valence-corrected chi connectivity index (χ3v) is 7.97. The quantitative estimate of drug-likeness (QED) is 0.505. The van der Waals surface area contributed by atoms with E-state index in [2.05, 4.69) is 15.4 Å². The summed E-state index contributed by atoms with van der Waals surface area (Å²) in [6.07, 6.45) is 2.00. The van der Waals surface area contributed by atoms with E-state index in [0.717, 1.165) is 5.56 Å². The van der Waals surface area contributed by atoms with Crippen molar-refractivity contribution >= 4 is 28.9 Å². The van der Waals surface area contributed by atoms with Crippen molar-refractivity contribution in [2.45, 2.75) is 45.8 Å². The van der Waals surface area contributed by atoms with Crippen LogP contribution in [0.1, 0.15) is 31.4 Å². The van der Waals surface area contributed by atoms with Crippen LogP contribution in [0.4, 0.5) is 8.78 Å². The molecule has 1 aliphatic carbocycles. The molecule has 11 heteroatoms. The average Bonchev–Trinajstić information content (AvgIpc) is 3.07. The highest BCUT2D eigenvalue weighted by molar-refractivity contribution is 6.31. The van der Waals surface area contributed by atoms with Gasteiger partial charge < -0.3 is 10.1 Å².